The van der Waals surface area contributed by atoms with Gasteiger partial charge in [0.05, 0.1) is 12.7 Å². The van der Waals surface area contributed by atoms with E-state index in [0.717, 1.165) is 22.8 Å². The van der Waals surface area contributed by atoms with E-state index in [0.29, 0.717) is 17.7 Å². The number of hydrogen-bond acceptors (Lipinski definition) is 3. The van der Waals surface area contributed by atoms with E-state index in [1.165, 1.54) is 7.11 Å². The molecule has 1 heterocycles. The largest absolute Gasteiger partial charge is 0.465 e. The van der Waals surface area contributed by atoms with Crippen LogP contribution in [0.3, 0.4) is 0 Å². The summed E-state index contributed by atoms with van der Waals surface area (Å²) in [6.07, 6.45) is 2.84. The summed E-state index contributed by atoms with van der Waals surface area (Å²) >= 11 is 0. The van der Waals surface area contributed by atoms with Gasteiger partial charge in [0.1, 0.15) is 0 Å². The molecule has 4 nitrogen and oxygen atoms in total. The number of aromatic nitrogens is 1. The predicted molar refractivity (Wildman–Crippen MR) is 84.2 cm³/mol. The Morgan fingerprint density at radius 2 is 1.91 bits per heavy atom. The summed E-state index contributed by atoms with van der Waals surface area (Å²) in [5.74, 6) is -0.339. The molecule has 0 unspecified atom stereocenters. The van der Waals surface area contributed by atoms with E-state index < -0.39 is 0 Å². The van der Waals surface area contributed by atoms with Crippen molar-refractivity contribution in [3.05, 3.63) is 71.4 Å². The van der Waals surface area contributed by atoms with Gasteiger partial charge in [-0.3, -0.25) is 4.79 Å². The second-order valence-corrected chi connectivity index (χ2v) is 5.03. The lowest BCUT2D eigenvalue weighted by Gasteiger charge is -2.07. The second-order valence-electron chi connectivity index (χ2n) is 5.03. The molecule has 0 aliphatic heterocycles. The van der Waals surface area contributed by atoms with Gasteiger partial charge in [0.15, 0.2) is 6.29 Å². The van der Waals surface area contributed by atoms with Crippen LogP contribution in [0, 0.1) is 0 Å². The summed E-state index contributed by atoms with van der Waals surface area (Å²) in [4.78, 5) is 22.5. The zero-order valence-corrected chi connectivity index (χ0v) is 12.2. The minimum absolute atomic E-state index is 0.339. The monoisotopic (exact) mass is 293 g/mol. The molecular weight excluding hydrogens is 278 g/mol. The van der Waals surface area contributed by atoms with Crippen molar-refractivity contribution in [1.29, 1.82) is 0 Å². The molecule has 1 aromatic heterocycles. The quantitative estimate of drug-likeness (QED) is 0.548. The van der Waals surface area contributed by atoms with Crippen LogP contribution in [0.4, 0.5) is 0 Å². The van der Waals surface area contributed by atoms with Crippen LogP contribution in [-0.2, 0) is 11.3 Å². The molecule has 0 radical (unpaired) electrons. The fourth-order valence-corrected chi connectivity index (χ4v) is 2.55. The molecule has 0 aliphatic rings. The van der Waals surface area contributed by atoms with E-state index in [1.54, 1.807) is 12.1 Å². The molecule has 2 aromatic carbocycles. The maximum absolute atomic E-state index is 11.4. The maximum atomic E-state index is 11.4. The molecule has 22 heavy (non-hydrogen) atoms. The molecule has 3 aromatic rings. The van der Waals surface area contributed by atoms with Crippen molar-refractivity contribution in [3.8, 4) is 0 Å². The fraction of sp³-hybridized carbons (Fsp3) is 0.111. The molecule has 0 saturated heterocycles. The van der Waals surface area contributed by atoms with Crippen LogP contribution in [0.2, 0.25) is 0 Å². The maximum Gasteiger partial charge on any atom is 0.337 e. The van der Waals surface area contributed by atoms with E-state index in [9.17, 15) is 9.59 Å². The third-order valence-electron chi connectivity index (χ3n) is 3.70. The van der Waals surface area contributed by atoms with Crippen LogP contribution < -0.4 is 0 Å². The summed E-state index contributed by atoms with van der Waals surface area (Å²) in [6.45, 7) is 0.674. The number of hydrogen-bond donors (Lipinski definition) is 0. The molecule has 0 amide bonds. The van der Waals surface area contributed by atoms with Crippen LogP contribution in [0.25, 0.3) is 10.9 Å². The first kappa shape index (κ1) is 14.1. The van der Waals surface area contributed by atoms with Gasteiger partial charge in [-0.2, -0.15) is 0 Å². The topological polar surface area (TPSA) is 48.3 Å². The zero-order valence-electron chi connectivity index (χ0n) is 12.2. The molecule has 110 valence electrons. The van der Waals surface area contributed by atoms with Gasteiger partial charge < -0.3 is 9.30 Å². The highest BCUT2D eigenvalue weighted by atomic mass is 16.5. The molecule has 0 N–H and O–H groups in total. The van der Waals surface area contributed by atoms with Gasteiger partial charge in [-0.1, -0.05) is 24.3 Å². The highest BCUT2D eigenvalue weighted by Crippen LogP contribution is 2.20. The summed E-state index contributed by atoms with van der Waals surface area (Å²) in [7, 11) is 1.37. The Bertz CT molecular complexity index is 831. The fourth-order valence-electron chi connectivity index (χ4n) is 2.55. The van der Waals surface area contributed by atoms with E-state index in [2.05, 4.69) is 9.30 Å². The van der Waals surface area contributed by atoms with Crippen molar-refractivity contribution in [1.82, 2.24) is 4.57 Å². The lowest BCUT2D eigenvalue weighted by molar-refractivity contribution is 0.0600. The lowest BCUT2D eigenvalue weighted by atomic mass is 10.1. The molecular formula is C18H15NO3. The van der Waals surface area contributed by atoms with Gasteiger partial charge >= 0.3 is 5.97 Å². The van der Waals surface area contributed by atoms with E-state index in [-0.39, 0.29) is 5.97 Å². The van der Waals surface area contributed by atoms with Gasteiger partial charge in [-0.05, 0) is 29.8 Å². The number of carbonyl (C=O) groups excluding carboxylic acids is 2. The van der Waals surface area contributed by atoms with Gasteiger partial charge in [0, 0.05) is 29.2 Å². The van der Waals surface area contributed by atoms with Gasteiger partial charge in [0.2, 0.25) is 0 Å². The molecule has 0 fully saturated rings. The standard InChI is InChI=1S/C18H15NO3/c1-22-18(21)14-7-5-13(6-8-14)11-19-10-9-16-15(12-20)3-2-4-17(16)19/h2-10,12H,11H2,1H3. The first-order valence-corrected chi connectivity index (χ1v) is 6.93. The van der Waals surface area contributed by atoms with Crippen LogP contribution in [0.5, 0.6) is 0 Å². The highest BCUT2D eigenvalue weighted by molar-refractivity contribution is 5.97. The Kier molecular flexibility index (Phi) is 3.74. The molecule has 0 bridgehead atoms. The number of methoxy groups -OCH3 is 1. The summed E-state index contributed by atoms with van der Waals surface area (Å²) in [5, 5.41) is 0.948. The number of fused-ring (bicyclic) bond motifs is 1. The molecule has 0 atom stereocenters. The average molecular weight is 293 g/mol. The number of ether oxygens (including phenoxy) is 1. The number of benzene rings is 2. The smallest absolute Gasteiger partial charge is 0.337 e. The van der Waals surface area contributed by atoms with Crippen molar-refractivity contribution < 1.29 is 14.3 Å². The van der Waals surface area contributed by atoms with Gasteiger partial charge in [-0.25, -0.2) is 4.79 Å². The molecule has 0 saturated carbocycles. The van der Waals surface area contributed by atoms with Crippen molar-refractivity contribution in [2.45, 2.75) is 6.54 Å². The predicted octanol–water partition coefficient (Wildman–Crippen LogP) is 3.29. The van der Waals surface area contributed by atoms with Crippen LogP contribution in [-0.4, -0.2) is 23.9 Å². The van der Waals surface area contributed by atoms with E-state index in [1.807, 2.05) is 42.6 Å². The van der Waals surface area contributed by atoms with Crippen LogP contribution >= 0.6 is 0 Å². The third kappa shape index (κ3) is 2.51. The Hall–Kier alpha value is -2.88. The first-order valence-electron chi connectivity index (χ1n) is 6.93. The summed E-state index contributed by atoms with van der Waals surface area (Å²) < 4.78 is 6.77. The molecule has 3 rings (SSSR count). The summed E-state index contributed by atoms with van der Waals surface area (Å²) in [5.41, 5.74) is 3.31. The number of nitrogens with zero attached hydrogens (tertiary/aromatic N) is 1. The van der Waals surface area contributed by atoms with E-state index >= 15 is 0 Å². The SMILES string of the molecule is COC(=O)c1ccc(Cn2ccc3c(C=O)cccc32)cc1. The number of carbonyl (C=O) groups is 2. The van der Waals surface area contributed by atoms with Gasteiger partial charge in [0.25, 0.3) is 0 Å². The normalized spacial score (nSPS) is 10.6. The van der Waals surface area contributed by atoms with Crippen molar-refractivity contribution in [2.75, 3.05) is 7.11 Å². The minimum Gasteiger partial charge on any atom is -0.465 e. The van der Waals surface area contributed by atoms with Crippen LogP contribution in [0.15, 0.2) is 54.7 Å². The van der Waals surface area contributed by atoms with Gasteiger partial charge in [-0.15, -0.1) is 0 Å². The Morgan fingerprint density at radius 1 is 1.14 bits per heavy atom. The summed E-state index contributed by atoms with van der Waals surface area (Å²) in [6, 6.07) is 14.9. The molecule has 4 heteroatoms. The Morgan fingerprint density at radius 3 is 2.59 bits per heavy atom. The average Bonchev–Trinajstić information content (AvgIpc) is 2.98. The second kappa shape index (κ2) is 5.85. The number of rotatable bonds is 4. The van der Waals surface area contributed by atoms with Crippen molar-refractivity contribution in [3.63, 3.8) is 0 Å². The zero-order chi connectivity index (χ0) is 15.5. The van der Waals surface area contributed by atoms with Crippen molar-refractivity contribution in [2.24, 2.45) is 0 Å². The number of aldehydes is 1. The highest BCUT2D eigenvalue weighted by Gasteiger charge is 2.07. The molecule has 0 aliphatic carbocycles. The number of esters is 1. The Labute approximate surface area is 127 Å². The Balaban J connectivity index is 1.90. The van der Waals surface area contributed by atoms with E-state index in [4.69, 9.17) is 0 Å². The molecule has 0 spiro atoms. The third-order valence-corrected chi connectivity index (χ3v) is 3.70. The van der Waals surface area contributed by atoms with Crippen LogP contribution in [0.1, 0.15) is 26.3 Å². The lowest BCUT2D eigenvalue weighted by Crippen LogP contribution is -2.02. The van der Waals surface area contributed by atoms with Crippen molar-refractivity contribution >= 4 is 23.2 Å². The minimum atomic E-state index is -0.339. The first-order chi connectivity index (χ1) is 10.7.